The van der Waals surface area contributed by atoms with Crippen molar-refractivity contribution < 1.29 is 26.7 Å². The number of allylic oxidation sites excluding steroid dienone is 8. The molecular formula is C26H28FeN4O2+2. The van der Waals surface area contributed by atoms with Crippen molar-refractivity contribution in [1.29, 1.82) is 0 Å². The number of unbranched alkanes of at least 4 members (excludes halogenated alkanes) is 3. The van der Waals surface area contributed by atoms with Gasteiger partial charge in [-0.25, -0.2) is 0 Å². The Morgan fingerprint density at radius 1 is 0.879 bits per heavy atom. The smallest absolute Gasteiger partial charge is 0.305 e. The minimum absolute atomic E-state index is 0. The molecule has 1 aliphatic heterocycles. The van der Waals surface area contributed by atoms with Crippen molar-refractivity contribution in [3.63, 3.8) is 0 Å². The van der Waals surface area contributed by atoms with Gasteiger partial charge in [-0.1, -0.05) is 78.8 Å². The van der Waals surface area contributed by atoms with Crippen molar-refractivity contribution in [2.75, 3.05) is 11.4 Å². The molecule has 0 N–H and O–H groups in total. The van der Waals surface area contributed by atoms with Gasteiger partial charge >= 0.3 is 17.1 Å². The number of carbonyl (C=O) groups is 2. The number of aryl methyl sites for hydroxylation is 1. The molecular weight excluding hydrogens is 456 g/mol. The fourth-order valence-electron chi connectivity index (χ4n) is 3.96. The Hall–Kier alpha value is -3.02. The van der Waals surface area contributed by atoms with Crippen LogP contribution in [0.15, 0.2) is 79.1 Å². The van der Waals surface area contributed by atoms with E-state index in [1.165, 1.54) is 0 Å². The zero-order valence-electron chi connectivity index (χ0n) is 18.5. The van der Waals surface area contributed by atoms with Gasteiger partial charge in [-0.3, -0.25) is 14.3 Å². The molecule has 0 atom stereocenters. The SMILES string of the molecule is C1=CCC=C1.O=C1C(=O)N(CCCCCCn2cc(C3C=CC=C3)nn2)c2ccccc21.[Fe+2]. The first kappa shape index (κ1) is 24.6. The van der Waals surface area contributed by atoms with Crippen molar-refractivity contribution in [3.8, 4) is 0 Å². The van der Waals surface area contributed by atoms with E-state index in [0.717, 1.165) is 50.0 Å². The molecule has 6 nitrogen and oxygen atoms in total. The number of carbonyl (C=O) groups excluding carboxylic acids is 2. The molecule has 3 aliphatic rings. The average molecular weight is 484 g/mol. The quantitative estimate of drug-likeness (QED) is 0.307. The van der Waals surface area contributed by atoms with E-state index >= 15 is 0 Å². The van der Waals surface area contributed by atoms with Crippen LogP contribution in [0.3, 0.4) is 0 Å². The summed E-state index contributed by atoms with van der Waals surface area (Å²) in [5.74, 6) is -0.539. The molecule has 1 aromatic carbocycles. The van der Waals surface area contributed by atoms with E-state index in [2.05, 4.69) is 46.8 Å². The van der Waals surface area contributed by atoms with E-state index in [0.29, 0.717) is 12.1 Å². The van der Waals surface area contributed by atoms with Crippen LogP contribution in [0.25, 0.3) is 0 Å². The summed E-state index contributed by atoms with van der Waals surface area (Å²) in [5.41, 5.74) is 2.25. The Morgan fingerprint density at radius 2 is 1.58 bits per heavy atom. The molecule has 5 rings (SSSR count). The number of rotatable bonds is 8. The van der Waals surface area contributed by atoms with Gasteiger partial charge in [0.15, 0.2) is 0 Å². The van der Waals surface area contributed by atoms with E-state index in [1.807, 2.05) is 35.2 Å². The van der Waals surface area contributed by atoms with E-state index in [-0.39, 0.29) is 28.8 Å². The molecule has 0 saturated carbocycles. The van der Waals surface area contributed by atoms with Crippen molar-refractivity contribution in [1.82, 2.24) is 15.0 Å². The van der Waals surface area contributed by atoms with Crippen LogP contribution in [0.1, 0.15) is 54.1 Å². The van der Waals surface area contributed by atoms with Crippen LogP contribution in [0.4, 0.5) is 5.69 Å². The predicted molar refractivity (Wildman–Crippen MR) is 126 cm³/mol. The Kier molecular flexibility index (Phi) is 9.16. The minimum Gasteiger partial charge on any atom is -0.305 e. The molecule has 2 heterocycles. The summed E-state index contributed by atoms with van der Waals surface area (Å²) in [6.45, 7) is 1.44. The average Bonchev–Trinajstić information content (AvgIpc) is 3.62. The second-order valence-corrected chi connectivity index (χ2v) is 8.01. The maximum Gasteiger partial charge on any atom is 2.00 e. The maximum absolute atomic E-state index is 12.1. The third kappa shape index (κ3) is 6.27. The monoisotopic (exact) mass is 484 g/mol. The molecule has 0 radical (unpaired) electrons. The first-order valence-electron chi connectivity index (χ1n) is 11.3. The third-order valence-corrected chi connectivity index (χ3v) is 5.70. The number of hydrogen-bond acceptors (Lipinski definition) is 4. The van der Waals surface area contributed by atoms with Gasteiger partial charge in [-0.05, 0) is 31.4 Å². The number of para-hydroxylation sites is 1. The molecule has 0 unspecified atom stereocenters. The number of Topliss-reactive ketones (excluding diaryl/α,β-unsaturated/α-hetero) is 1. The number of fused-ring (bicyclic) bond motifs is 1. The van der Waals surface area contributed by atoms with Gasteiger partial charge in [0.05, 0.1) is 16.9 Å². The molecule has 0 saturated heterocycles. The molecule has 7 heteroatoms. The van der Waals surface area contributed by atoms with Gasteiger partial charge < -0.3 is 4.90 Å². The predicted octanol–water partition coefficient (Wildman–Crippen LogP) is 4.78. The number of aromatic nitrogens is 3. The molecule has 0 bridgehead atoms. The summed E-state index contributed by atoms with van der Waals surface area (Å²) in [7, 11) is 0. The molecule has 1 aromatic heterocycles. The fourth-order valence-corrected chi connectivity index (χ4v) is 3.96. The number of benzene rings is 1. The molecule has 0 fully saturated rings. The van der Waals surface area contributed by atoms with Gasteiger partial charge in [0.1, 0.15) is 0 Å². The van der Waals surface area contributed by atoms with E-state index in [1.54, 1.807) is 17.0 Å². The summed E-state index contributed by atoms with van der Waals surface area (Å²) < 4.78 is 1.90. The number of hydrogen-bond donors (Lipinski definition) is 0. The first-order valence-corrected chi connectivity index (χ1v) is 11.3. The van der Waals surface area contributed by atoms with Gasteiger partial charge in [0, 0.05) is 25.2 Å². The zero-order chi connectivity index (χ0) is 22.2. The standard InChI is InChI=1S/C21H22N4O2.C5H6.Fe/c26-20-17-11-5-6-12-19(17)25(21(20)27)14-8-2-1-7-13-24-15-18(22-23-24)16-9-3-4-10-16;1-2-4-5-3-1;/h3-6,9-12,15-16H,1-2,7-8,13-14H2;1-4H,5H2;/q;;+2. The molecule has 2 aliphatic carbocycles. The van der Waals surface area contributed by atoms with E-state index < -0.39 is 5.91 Å². The summed E-state index contributed by atoms with van der Waals surface area (Å²) in [5, 5.41) is 8.43. The van der Waals surface area contributed by atoms with Crippen molar-refractivity contribution in [3.05, 3.63) is 90.3 Å². The van der Waals surface area contributed by atoms with Gasteiger partial charge in [-0.2, -0.15) is 0 Å². The second kappa shape index (κ2) is 12.3. The number of amides is 1. The molecule has 0 spiro atoms. The zero-order valence-corrected chi connectivity index (χ0v) is 19.6. The molecule has 1 amide bonds. The Bertz CT molecular complexity index is 1060. The van der Waals surface area contributed by atoms with Crippen LogP contribution in [-0.2, 0) is 28.4 Å². The molecule has 170 valence electrons. The Labute approximate surface area is 205 Å². The Balaban J connectivity index is 0.000000453. The first-order chi connectivity index (χ1) is 15.7. The largest absolute Gasteiger partial charge is 2.00 e. The molecule has 2 aromatic rings. The van der Waals surface area contributed by atoms with Crippen LogP contribution in [0, 0.1) is 0 Å². The van der Waals surface area contributed by atoms with Gasteiger partial charge in [0.2, 0.25) is 0 Å². The third-order valence-electron chi connectivity index (χ3n) is 5.70. The maximum atomic E-state index is 12.1. The second-order valence-electron chi connectivity index (χ2n) is 8.01. The van der Waals surface area contributed by atoms with E-state index in [9.17, 15) is 9.59 Å². The topological polar surface area (TPSA) is 68.1 Å². The van der Waals surface area contributed by atoms with Crippen molar-refractivity contribution in [2.24, 2.45) is 0 Å². The molecule has 33 heavy (non-hydrogen) atoms. The van der Waals surface area contributed by atoms with Crippen LogP contribution in [0.2, 0.25) is 0 Å². The minimum atomic E-state index is -0.402. The van der Waals surface area contributed by atoms with Crippen LogP contribution in [-0.4, -0.2) is 33.2 Å². The number of ketones is 1. The van der Waals surface area contributed by atoms with E-state index in [4.69, 9.17) is 0 Å². The number of anilines is 1. The van der Waals surface area contributed by atoms with Crippen LogP contribution in [0.5, 0.6) is 0 Å². The fraction of sp³-hybridized carbons (Fsp3) is 0.308. The van der Waals surface area contributed by atoms with Crippen LogP contribution >= 0.6 is 0 Å². The summed E-state index contributed by atoms with van der Waals surface area (Å²) >= 11 is 0. The van der Waals surface area contributed by atoms with Gasteiger partial charge in [-0.15, -0.1) is 5.10 Å². The summed E-state index contributed by atoms with van der Waals surface area (Å²) in [6, 6.07) is 7.22. The van der Waals surface area contributed by atoms with Gasteiger partial charge in [0.25, 0.3) is 11.7 Å². The summed E-state index contributed by atoms with van der Waals surface area (Å²) in [4.78, 5) is 25.7. The Morgan fingerprint density at radius 3 is 2.27 bits per heavy atom. The van der Waals surface area contributed by atoms with Crippen LogP contribution < -0.4 is 4.90 Å². The van der Waals surface area contributed by atoms with Crippen molar-refractivity contribution in [2.45, 2.75) is 44.6 Å². The summed E-state index contributed by atoms with van der Waals surface area (Å²) in [6.07, 6.45) is 23.7. The van der Waals surface area contributed by atoms with Crippen molar-refractivity contribution >= 4 is 17.4 Å². The number of nitrogens with zero attached hydrogens (tertiary/aromatic N) is 4. The normalized spacial score (nSPS) is 15.7.